The SMILES string of the molecule is COC[C@@H]1CNc2cc3c(cc2O1)CCNCC3. The standard InChI is InChI=1S/C14H20N2O2/c1-17-9-12-8-16-13-6-10-2-4-15-5-3-11(10)7-14(13)18-12/h6-7,12,15-16H,2-5,8-9H2,1H3/t12-/m0/s1. The first-order chi connectivity index (χ1) is 8.86. The number of fused-ring (bicyclic) bond motifs is 2. The van der Waals surface area contributed by atoms with Gasteiger partial charge in [0, 0.05) is 7.11 Å². The second-order valence-corrected chi connectivity index (χ2v) is 4.94. The van der Waals surface area contributed by atoms with Crippen LogP contribution in [0.1, 0.15) is 11.1 Å². The van der Waals surface area contributed by atoms with Gasteiger partial charge in [-0.25, -0.2) is 0 Å². The zero-order valence-corrected chi connectivity index (χ0v) is 10.8. The van der Waals surface area contributed by atoms with Gasteiger partial charge in [-0.05, 0) is 49.2 Å². The average Bonchev–Trinajstić information content (AvgIpc) is 2.61. The summed E-state index contributed by atoms with van der Waals surface area (Å²) in [7, 11) is 1.71. The molecule has 98 valence electrons. The van der Waals surface area contributed by atoms with Gasteiger partial charge >= 0.3 is 0 Å². The van der Waals surface area contributed by atoms with Gasteiger partial charge in [0.25, 0.3) is 0 Å². The second kappa shape index (κ2) is 5.16. The summed E-state index contributed by atoms with van der Waals surface area (Å²) in [5.74, 6) is 0.976. The van der Waals surface area contributed by atoms with Crippen LogP contribution in [0.3, 0.4) is 0 Å². The summed E-state index contributed by atoms with van der Waals surface area (Å²) in [5.41, 5.74) is 3.99. The lowest BCUT2D eigenvalue weighted by Crippen LogP contribution is -2.34. The van der Waals surface area contributed by atoms with Gasteiger partial charge in [-0.15, -0.1) is 0 Å². The van der Waals surface area contributed by atoms with Crippen molar-refractivity contribution in [2.45, 2.75) is 18.9 Å². The van der Waals surface area contributed by atoms with Crippen molar-refractivity contribution in [3.63, 3.8) is 0 Å². The monoisotopic (exact) mass is 248 g/mol. The fourth-order valence-electron chi connectivity index (χ4n) is 2.66. The van der Waals surface area contributed by atoms with Gasteiger partial charge in [-0.2, -0.15) is 0 Å². The highest BCUT2D eigenvalue weighted by molar-refractivity contribution is 5.62. The maximum Gasteiger partial charge on any atom is 0.143 e. The van der Waals surface area contributed by atoms with Gasteiger partial charge in [0.05, 0.1) is 18.8 Å². The van der Waals surface area contributed by atoms with Crippen LogP contribution >= 0.6 is 0 Å². The number of methoxy groups -OCH3 is 1. The van der Waals surface area contributed by atoms with Crippen molar-refractivity contribution in [1.82, 2.24) is 5.32 Å². The Kier molecular flexibility index (Phi) is 3.39. The van der Waals surface area contributed by atoms with E-state index in [1.807, 2.05) is 0 Å². The molecule has 2 N–H and O–H groups in total. The van der Waals surface area contributed by atoms with Crippen LogP contribution in [-0.4, -0.2) is 39.5 Å². The Morgan fingerprint density at radius 3 is 2.83 bits per heavy atom. The molecule has 4 nitrogen and oxygen atoms in total. The molecule has 1 atom stereocenters. The lowest BCUT2D eigenvalue weighted by Gasteiger charge is -2.28. The van der Waals surface area contributed by atoms with E-state index in [-0.39, 0.29) is 6.10 Å². The molecule has 3 rings (SSSR count). The topological polar surface area (TPSA) is 42.5 Å². The molecule has 4 heteroatoms. The zero-order valence-electron chi connectivity index (χ0n) is 10.8. The van der Waals surface area contributed by atoms with Crippen LogP contribution in [0, 0.1) is 0 Å². The van der Waals surface area contributed by atoms with Crippen LogP contribution in [0.4, 0.5) is 5.69 Å². The van der Waals surface area contributed by atoms with E-state index in [1.165, 1.54) is 11.1 Å². The lowest BCUT2D eigenvalue weighted by atomic mass is 10.0. The summed E-state index contributed by atoms with van der Waals surface area (Å²) in [6.07, 6.45) is 2.30. The molecule has 1 aromatic rings. The van der Waals surface area contributed by atoms with E-state index in [9.17, 15) is 0 Å². The minimum Gasteiger partial charge on any atom is -0.484 e. The van der Waals surface area contributed by atoms with Crippen molar-refractivity contribution in [2.24, 2.45) is 0 Å². The van der Waals surface area contributed by atoms with E-state index in [0.29, 0.717) is 6.61 Å². The van der Waals surface area contributed by atoms with E-state index >= 15 is 0 Å². The Morgan fingerprint density at radius 1 is 1.28 bits per heavy atom. The maximum atomic E-state index is 5.97. The first-order valence-corrected chi connectivity index (χ1v) is 6.63. The fraction of sp³-hybridized carbons (Fsp3) is 0.571. The first kappa shape index (κ1) is 11.8. The molecule has 0 amide bonds. The molecule has 2 heterocycles. The van der Waals surface area contributed by atoms with Gasteiger partial charge in [-0.3, -0.25) is 0 Å². The van der Waals surface area contributed by atoms with Crippen molar-refractivity contribution in [2.75, 3.05) is 38.7 Å². The van der Waals surface area contributed by atoms with E-state index in [4.69, 9.17) is 9.47 Å². The molecule has 0 fully saturated rings. The largest absolute Gasteiger partial charge is 0.484 e. The van der Waals surface area contributed by atoms with Crippen molar-refractivity contribution in [3.8, 4) is 5.75 Å². The number of ether oxygens (including phenoxy) is 2. The molecular formula is C14H20N2O2. The highest BCUT2D eigenvalue weighted by Crippen LogP contribution is 2.33. The minimum atomic E-state index is 0.115. The van der Waals surface area contributed by atoms with Crippen molar-refractivity contribution in [1.29, 1.82) is 0 Å². The van der Waals surface area contributed by atoms with Crippen LogP contribution in [0.25, 0.3) is 0 Å². The Morgan fingerprint density at radius 2 is 2.06 bits per heavy atom. The Balaban J connectivity index is 1.86. The molecule has 2 aliphatic heterocycles. The maximum absolute atomic E-state index is 5.97. The average molecular weight is 248 g/mol. The molecule has 2 aliphatic rings. The summed E-state index contributed by atoms with van der Waals surface area (Å²) in [6.45, 7) is 3.57. The Hall–Kier alpha value is -1.26. The van der Waals surface area contributed by atoms with Crippen molar-refractivity contribution in [3.05, 3.63) is 23.3 Å². The highest BCUT2D eigenvalue weighted by Gasteiger charge is 2.21. The third-order valence-corrected chi connectivity index (χ3v) is 3.61. The van der Waals surface area contributed by atoms with Gasteiger partial charge in [-0.1, -0.05) is 0 Å². The summed E-state index contributed by atoms with van der Waals surface area (Å²) in [4.78, 5) is 0. The molecule has 0 bridgehead atoms. The molecule has 0 radical (unpaired) electrons. The molecule has 18 heavy (non-hydrogen) atoms. The summed E-state index contributed by atoms with van der Waals surface area (Å²) >= 11 is 0. The molecule has 0 spiro atoms. The minimum absolute atomic E-state index is 0.115. The Labute approximate surface area is 108 Å². The third-order valence-electron chi connectivity index (χ3n) is 3.61. The number of rotatable bonds is 2. The second-order valence-electron chi connectivity index (χ2n) is 4.94. The lowest BCUT2D eigenvalue weighted by molar-refractivity contribution is 0.0847. The predicted molar refractivity (Wildman–Crippen MR) is 71.5 cm³/mol. The molecule has 1 aromatic carbocycles. The highest BCUT2D eigenvalue weighted by atomic mass is 16.5. The molecule has 0 unspecified atom stereocenters. The number of hydrogen-bond donors (Lipinski definition) is 2. The quantitative estimate of drug-likeness (QED) is 0.825. The molecular weight excluding hydrogens is 228 g/mol. The van der Waals surface area contributed by atoms with Crippen LogP contribution in [0.15, 0.2) is 12.1 Å². The normalized spacial score (nSPS) is 22.2. The van der Waals surface area contributed by atoms with Crippen LogP contribution in [0.5, 0.6) is 5.75 Å². The molecule has 0 aliphatic carbocycles. The smallest absolute Gasteiger partial charge is 0.143 e. The fourth-order valence-corrected chi connectivity index (χ4v) is 2.66. The third kappa shape index (κ3) is 2.31. The molecule has 0 aromatic heterocycles. The van der Waals surface area contributed by atoms with Gasteiger partial charge in [0.1, 0.15) is 11.9 Å². The molecule has 0 saturated heterocycles. The van der Waals surface area contributed by atoms with Gasteiger partial charge in [0.15, 0.2) is 0 Å². The number of benzene rings is 1. The van der Waals surface area contributed by atoms with E-state index in [2.05, 4.69) is 22.8 Å². The summed E-state index contributed by atoms with van der Waals surface area (Å²) in [5, 5.41) is 6.88. The van der Waals surface area contributed by atoms with Crippen LogP contribution in [0.2, 0.25) is 0 Å². The number of anilines is 1. The van der Waals surface area contributed by atoms with Gasteiger partial charge in [0.2, 0.25) is 0 Å². The number of nitrogens with one attached hydrogen (secondary N) is 2. The first-order valence-electron chi connectivity index (χ1n) is 6.63. The zero-order chi connectivity index (χ0) is 12.4. The van der Waals surface area contributed by atoms with Crippen molar-refractivity contribution < 1.29 is 9.47 Å². The number of hydrogen-bond acceptors (Lipinski definition) is 4. The Bertz CT molecular complexity index is 434. The van der Waals surface area contributed by atoms with Gasteiger partial charge < -0.3 is 20.1 Å². The molecule has 0 saturated carbocycles. The van der Waals surface area contributed by atoms with Crippen LogP contribution < -0.4 is 15.4 Å². The van der Waals surface area contributed by atoms with E-state index < -0.39 is 0 Å². The predicted octanol–water partition coefficient (Wildman–Crippen LogP) is 1.19. The van der Waals surface area contributed by atoms with Crippen molar-refractivity contribution >= 4 is 5.69 Å². The summed E-state index contributed by atoms with van der Waals surface area (Å²) in [6, 6.07) is 4.45. The van der Waals surface area contributed by atoms with Crippen LogP contribution in [-0.2, 0) is 17.6 Å². The summed E-state index contributed by atoms with van der Waals surface area (Å²) < 4.78 is 11.1. The van der Waals surface area contributed by atoms with E-state index in [1.54, 1.807) is 7.11 Å². The van der Waals surface area contributed by atoms with E-state index in [0.717, 1.165) is 43.9 Å².